The van der Waals surface area contributed by atoms with Gasteiger partial charge < -0.3 is 4.74 Å². The minimum absolute atomic E-state index is 0.127. The average molecular weight is 140 g/mol. The lowest BCUT2D eigenvalue weighted by atomic mass is 10.1. The van der Waals surface area contributed by atoms with Gasteiger partial charge in [0.15, 0.2) is 5.78 Å². The van der Waals surface area contributed by atoms with Crippen LogP contribution >= 0.6 is 0 Å². The molecule has 1 aliphatic heterocycles. The SMILES string of the molecule is C=CCC(=O)[C@@H]1CCCO1. The van der Waals surface area contributed by atoms with E-state index in [1.165, 1.54) is 0 Å². The van der Waals surface area contributed by atoms with Crippen molar-refractivity contribution in [2.75, 3.05) is 6.61 Å². The first-order valence-corrected chi connectivity index (χ1v) is 3.60. The van der Waals surface area contributed by atoms with Crippen molar-refractivity contribution in [3.05, 3.63) is 12.7 Å². The molecule has 0 aliphatic carbocycles. The van der Waals surface area contributed by atoms with E-state index in [0.717, 1.165) is 19.4 Å². The van der Waals surface area contributed by atoms with Crippen molar-refractivity contribution in [1.29, 1.82) is 0 Å². The zero-order valence-corrected chi connectivity index (χ0v) is 6.01. The topological polar surface area (TPSA) is 26.3 Å². The largest absolute Gasteiger partial charge is 0.370 e. The van der Waals surface area contributed by atoms with E-state index in [0.29, 0.717) is 6.42 Å². The maximum atomic E-state index is 11.0. The lowest BCUT2D eigenvalue weighted by Crippen LogP contribution is -2.17. The van der Waals surface area contributed by atoms with Gasteiger partial charge in [-0.1, -0.05) is 6.08 Å². The second kappa shape index (κ2) is 3.52. The van der Waals surface area contributed by atoms with Crippen LogP contribution in [-0.4, -0.2) is 18.5 Å². The number of Topliss-reactive ketones (excluding diaryl/α,β-unsaturated/α-hetero) is 1. The first-order chi connectivity index (χ1) is 4.84. The minimum atomic E-state index is -0.127. The fourth-order valence-electron chi connectivity index (χ4n) is 1.11. The molecule has 0 N–H and O–H groups in total. The van der Waals surface area contributed by atoms with E-state index in [4.69, 9.17) is 4.74 Å². The fourth-order valence-corrected chi connectivity index (χ4v) is 1.11. The summed E-state index contributed by atoms with van der Waals surface area (Å²) in [7, 11) is 0. The summed E-state index contributed by atoms with van der Waals surface area (Å²) in [6.07, 6.45) is 3.87. The van der Waals surface area contributed by atoms with E-state index in [2.05, 4.69) is 6.58 Å². The van der Waals surface area contributed by atoms with Crippen LogP contribution in [-0.2, 0) is 9.53 Å². The van der Waals surface area contributed by atoms with Crippen LogP contribution in [0.25, 0.3) is 0 Å². The minimum Gasteiger partial charge on any atom is -0.370 e. The maximum Gasteiger partial charge on any atom is 0.165 e. The van der Waals surface area contributed by atoms with Gasteiger partial charge in [0, 0.05) is 13.0 Å². The van der Waals surface area contributed by atoms with Crippen LogP contribution in [0.5, 0.6) is 0 Å². The first-order valence-electron chi connectivity index (χ1n) is 3.60. The summed E-state index contributed by atoms with van der Waals surface area (Å²) in [6.45, 7) is 4.24. The molecular weight excluding hydrogens is 128 g/mol. The van der Waals surface area contributed by atoms with Gasteiger partial charge in [-0.3, -0.25) is 4.79 Å². The van der Waals surface area contributed by atoms with Crippen LogP contribution < -0.4 is 0 Å². The zero-order valence-electron chi connectivity index (χ0n) is 6.01. The van der Waals surface area contributed by atoms with E-state index in [1.807, 2.05) is 0 Å². The van der Waals surface area contributed by atoms with Crippen LogP contribution in [0.15, 0.2) is 12.7 Å². The third-order valence-corrected chi connectivity index (χ3v) is 1.63. The van der Waals surface area contributed by atoms with Crippen LogP contribution in [0.1, 0.15) is 19.3 Å². The van der Waals surface area contributed by atoms with E-state index in [1.54, 1.807) is 6.08 Å². The van der Waals surface area contributed by atoms with Crippen molar-refractivity contribution in [3.63, 3.8) is 0 Å². The summed E-state index contributed by atoms with van der Waals surface area (Å²) in [6, 6.07) is 0. The molecule has 0 amide bonds. The second-order valence-electron chi connectivity index (χ2n) is 2.46. The normalized spacial score (nSPS) is 24.6. The molecule has 0 aromatic heterocycles. The molecule has 56 valence electrons. The third kappa shape index (κ3) is 1.67. The van der Waals surface area contributed by atoms with Crippen molar-refractivity contribution in [2.45, 2.75) is 25.4 Å². The molecule has 1 saturated heterocycles. The Morgan fingerprint density at radius 1 is 1.80 bits per heavy atom. The van der Waals surface area contributed by atoms with Gasteiger partial charge in [0.25, 0.3) is 0 Å². The smallest absolute Gasteiger partial charge is 0.165 e. The Hall–Kier alpha value is -0.630. The Morgan fingerprint density at radius 3 is 3.10 bits per heavy atom. The number of carbonyl (C=O) groups excluding carboxylic acids is 1. The number of allylic oxidation sites excluding steroid dienone is 1. The molecule has 10 heavy (non-hydrogen) atoms. The molecular formula is C8H12O2. The van der Waals surface area contributed by atoms with Gasteiger partial charge >= 0.3 is 0 Å². The highest BCUT2D eigenvalue weighted by molar-refractivity contribution is 5.84. The number of carbonyl (C=O) groups is 1. The molecule has 1 heterocycles. The predicted octanol–water partition coefficient (Wildman–Crippen LogP) is 1.31. The van der Waals surface area contributed by atoms with Crippen LogP contribution in [0.2, 0.25) is 0 Å². The highest BCUT2D eigenvalue weighted by atomic mass is 16.5. The highest BCUT2D eigenvalue weighted by Crippen LogP contribution is 2.13. The van der Waals surface area contributed by atoms with Gasteiger partial charge in [0.1, 0.15) is 6.10 Å². The van der Waals surface area contributed by atoms with Crippen molar-refractivity contribution < 1.29 is 9.53 Å². The lowest BCUT2D eigenvalue weighted by molar-refractivity contribution is -0.126. The molecule has 0 unspecified atom stereocenters. The molecule has 2 heteroatoms. The van der Waals surface area contributed by atoms with Gasteiger partial charge in [-0.25, -0.2) is 0 Å². The molecule has 0 spiro atoms. The number of hydrogen-bond acceptors (Lipinski definition) is 2. The molecule has 1 aliphatic rings. The average Bonchev–Trinajstić information content (AvgIpc) is 2.38. The molecule has 0 saturated carbocycles. The Labute approximate surface area is 60.9 Å². The lowest BCUT2D eigenvalue weighted by Gasteiger charge is -2.04. The van der Waals surface area contributed by atoms with E-state index >= 15 is 0 Å². The van der Waals surface area contributed by atoms with E-state index in [-0.39, 0.29) is 11.9 Å². The third-order valence-electron chi connectivity index (χ3n) is 1.63. The quantitative estimate of drug-likeness (QED) is 0.552. The summed E-state index contributed by atoms with van der Waals surface area (Å²) >= 11 is 0. The summed E-state index contributed by atoms with van der Waals surface area (Å²) in [4.78, 5) is 11.0. The Balaban J connectivity index is 2.32. The Kier molecular flexibility index (Phi) is 2.63. The number of ether oxygens (including phenoxy) is 1. The maximum absolute atomic E-state index is 11.0. The van der Waals surface area contributed by atoms with E-state index in [9.17, 15) is 4.79 Å². The van der Waals surface area contributed by atoms with Gasteiger partial charge in [0.05, 0.1) is 0 Å². The van der Waals surface area contributed by atoms with Crippen molar-refractivity contribution in [3.8, 4) is 0 Å². The molecule has 1 fully saturated rings. The van der Waals surface area contributed by atoms with Crippen LogP contribution in [0.3, 0.4) is 0 Å². The molecule has 0 bridgehead atoms. The summed E-state index contributed by atoms with van der Waals surface area (Å²) in [5.74, 6) is 0.174. The molecule has 0 radical (unpaired) electrons. The standard InChI is InChI=1S/C8H12O2/c1-2-4-7(9)8-5-3-6-10-8/h2,8H,1,3-6H2/t8-/m0/s1. The first kappa shape index (κ1) is 7.48. The van der Waals surface area contributed by atoms with Crippen LogP contribution in [0.4, 0.5) is 0 Å². The van der Waals surface area contributed by atoms with Gasteiger partial charge in [0.2, 0.25) is 0 Å². The van der Waals surface area contributed by atoms with Crippen LogP contribution in [0, 0.1) is 0 Å². The van der Waals surface area contributed by atoms with Gasteiger partial charge in [-0.05, 0) is 12.8 Å². The summed E-state index contributed by atoms with van der Waals surface area (Å²) in [5, 5.41) is 0. The van der Waals surface area contributed by atoms with Gasteiger partial charge in [-0.2, -0.15) is 0 Å². The van der Waals surface area contributed by atoms with Crippen molar-refractivity contribution in [2.24, 2.45) is 0 Å². The Morgan fingerprint density at radius 2 is 2.60 bits per heavy atom. The molecule has 0 aromatic rings. The monoisotopic (exact) mass is 140 g/mol. The molecule has 0 aromatic carbocycles. The van der Waals surface area contributed by atoms with Gasteiger partial charge in [-0.15, -0.1) is 6.58 Å². The van der Waals surface area contributed by atoms with E-state index < -0.39 is 0 Å². The second-order valence-corrected chi connectivity index (χ2v) is 2.46. The van der Waals surface area contributed by atoms with Crippen molar-refractivity contribution in [1.82, 2.24) is 0 Å². The summed E-state index contributed by atoms with van der Waals surface area (Å²) < 4.78 is 5.17. The van der Waals surface area contributed by atoms with Crippen molar-refractivity contribution >= 4 is 5.78 Å². The molecule has 1 rings (SSSR count). The number of rotatable bonds is 3. The highest BCUT2D eigenvalue weighted by Gasteiger charge is 2.21. The Bertz CT molecular complexity index is 134. The summed E-state index contributed by atoms with van der Waals surface area (Å²) in [5.41, 5.74) is 0. The number of ketones is 1. The number of hydrogen-bond donors (Lipinski definition) is 0. The predicted molar refractivity (Wildman–Crippen MR) is 38.8 cm³/mol. The molecule has 1 atom stereocenters. The zero-order chi connectivity index (χ0) is 7.40. The molecule has 2 nitrogen and oxygen atoms in total. The fraction of sp³-hybridized carbons (Fsp3) is 0.625.